The molecule has 2 heterocycles. The van der Waals surface area contributed by atoms with Crippen LogP contribution in [0.2, 0.25) is 0 Å². The summed E-state index contributed by atoms with van der Waals surface area (Å²) in [5.74, 6) is 0.492. The number of carbonyl (C=O) groups excluding carboxylic acids is 1. The second-order valence-corrected chi connectivity index (χ2v) is 9.58. The summed E-state index contributed by atoms with van der Waals surface area (Å²) in [7, 11) is 0. The van der Waals surface area contributed by atoms with Crippen molar-refractivity contribution >= 4 is 34.4 Å². The van der Waals surface area contributed by atoms with Crippen LogP contribution in [0.4, 0.5) is 5.69 Å². The fourth-order valence-corrected chi connectivity index (χ4v) is 5.30. The number of fused-ring (bicyclic) bond motifs is 1. The van der Waals surface area contributed by atoms with Gasteiger partial charge in [0.2, 0.25) is 5.91 Å². The lowest BCUT2D eigenvalue weighted by Crippen LogP contribution is -2.46. The van der Waals surface area contributed by atoms with E-state index in [1.165, 1.54) is 23.0 Å². The molecule has 0 atom stereocenters. The average Bonchev–Trinajstić information content (AvgIpc) is 3.20. The Balaban J connectivity index is 1.11. The van der Waals surface area contributed by atoms with Crippen molar-refractivity contribution < 1.29 is 4.79 Å². The fourth-order valence-electron chi connectivity index (χ4n) is 4.39. The molecule has 3 aromatic rings. The minimum absolute atomic E-state index is 0.0847. The van der Waals surface area contributed by atoms with Crippen LogP contribution in [0.25, 0.3) is 11.0 Å². The molecule has 1 fully saturated rings. The van der Waals surface area contributed by atoms with Crippen LogP contribution in [0.5, 0.6) is 0 Å². The van der Waals surface area contributed by atoms with Gasteiger partial charge < -0.3 is 14.8 Å². The summed E-state index contributed by atoms with van der Waals surface area (Å²) < 4.78 is 2.17. The Hall–Kier alpha value is -2.51. The van der Waals surface area contributed by atoms with Gasteiger partial charge in [0.1, 0.15) is 0 Å². The number of amides is 1. The lowest BCUT2D eigenvalue weighted by atomic mass is 10.2. The zero-order valence-electron chi connectivity index (χ0n) is 19.8. The molecule has 1 aromatic heterocycles. The van der Waals surface area contributed by atoms with E-state index in [1.54, 1.807) is 0 Å². The molecule has 0 spiro atoms. The Bertz CT molecular complexity index is 1060. The van der Waals surface area contributed by atoms with Gasteiger partial charge in [-0.25, -0.2) is 4.98 Å². The number of nitrogens with one attached hydrogen (secondary N) is 1. The number of piperazine rings is 1. The van der Waals surface area contributed by atoms with Crippen molar-refractivity contribution in [2.45, 2.75) is 38.4 Å². The molecule has 1 aliphatic heterocycles. The highest BCUT2D eigenvalue weighted by molar-refractivity contribution is 7.99. The van der Waals surface area contributed by atoms with E-state index in [0.29, 0.717) is 5.75 Å². The Labute approximate surface area is 201 Å². The third kappa shape index (κ3) is 6.30. The number of benzene rings is 2. The van der Waals surface area contributed by atoms with E-state index < -0.39 is 0 Å². The zero-order chi connectivity index (χ0) is 23.0. The van der Waals surface area contributed by atoms with Crippen molar-refractivity contribution in [1.29, 1.82) is 0 Å². The molecule has 176 valence electrons. The molecule has 0 unspecified atom stereocenters. The molecule has 1 amide bonds. The van der Waals surface area contributed by atoms with Gasteiger partial charge in [0, 0.05) is 45.0 Å². The van der Waals surface area contributed by atoms with Crippen molar-refractivity contribution in [3.05, 3.63) is 54.1 Å². The highest BCUT2D eigenvalue weighted by Crippen LogP contribution is 2.23. The smallest absolute Gasteiger partial charge is 0.230 e. The van der Waals surface area contributed by atoms with Gasteiger partial charge >= 0.3 is 0 Å². The van der Waals surface area contributed by atoms with Gasteiger partial charge in [0.05, 0.1) is 16.8 Å². The number of hydrogen-bond donors (Lipinski definition) is 1. The van der Waals surface area contributed by atoms with Crippen molar-refractivity contribution in [2.24, 2.45) is 0 Å². The second-order valence-electron chi connectivity index (χ2n) is 8.64. The molecule has 6 nitrogen and oxygen atoms in total. The van der Waals surface area contributed by atoms with E-state index in [4.69, 9.17) is 0 Å². The first-order valence-electron chi connectivity index (χ1n) is 12.0. The molecule has 33 heavy (non-hydrogen) atoms. The predicted molar refractivity (Wildman–Crippen MR) is 138 cm³/mol. The number of carbonyl (C=O) groups is 1. The van der Waals surface area contributed by atoms with Crippen LogP contribution < -0.4 is 10.2 Å². The zero-order valence-corrected chi connectivity index (χ0v) is 20.6. The van der Waals surface area contributed by atoms with Crippen molar-refractivity contribution in [3.63, 3.8) is 0 Å². The number of thioether (sulfide) groups is 1. The number of anilines is 1. The van der Waals surface area contributed by atoms with E-state index in [0.717, 1.165) is 74.8 Å². The van der Waals surface area contributed by atoms with Crippen LogP contribution in [-0.4, -0.2) is 65.4 Å². The summed E-state index contributed by atoms with van der Waals surface area (Å²) >= 11 is 1.52. The van der Waals surface area contributed by atoms with Crippen LogP contribution in [0, 0.1) is 6.92 Å². The van der Waals surface area contributed by atoms with Crippen molar-refractivity contribution in [1.82, 2.24) is 19.8 Å². The first-order valence-corrected chi connectivity index (χ1v) is 13.0. The minimum atomic E-state index is 0.0847. The topological polar surface area (TPSA) is 53.4 Å². The van der Waals surface area contributed by atoms with Gasteiger partial charge in [-0.3, -0.25) is 9.69 Å². The summed E-state index contributed by atoms with van der Waals surface area (Å²) in [6, 6.07) is 16.9. The second kappa shape index (κ2) is 11.6. The molecular weight excluding hydrogens is 430 g/mol. The van der Waals surface area contributed by atoms with Gasteiger partial charge in [-0.2, -0.15) is 0 Å². The van der Waals surface area contributed by atoms with E-state index in [9.17, 15) is 4.79 Å². The quantitative estimate of drug-likeness (QED) is 0.360. The molecule has 0 saturated carbocycles. The Morgan fingerprint density at radius 2 is 1.88 bits per heavy atom. The molecule has 0 bridgehead atoms. The first-order chi connectivity index (χ1) is 16.1. The largest absolute Gasteiger partial charge is 0.369 e. The molecule has 2 aromatic carbocycles. The number of nitrogens with zero attached hydrogens (tertiary/aromatic N) is 4. The van der Waals surface area contributed by atoms with Crippen molar-refractivity contribution in [2.75, 3.05) is 49.9 Å². The first kappa shape index (κ1) is 23.6. The van der Waals surface area contributed by atoms with Gasteiger partial charge in [0.25, 0.3) is 0 Å². The van der Waals surface area contributed by atoms with Gasteiger partial charge in [0.15, 0.2) is 5.16 Å². The molecule has 7 heteroatoms. The van der Waals surface area contributed by atoms with Gasteiger partial charge in [-0.15, -0.1) is 0 Å². The monoisotopic (exact) mass is 465 g/mol. The summed E-state index contributed by atoms with van der Waals surface area (Å²) in [6.45, 7) is 11.3. The Kier molecular flexibility index (Phi) is 8.29. The third-order valence-corrected chi connectivity index (χ3v) is 7.21. The molecule has 1 N–H and O–H groups in total. The van der Waals surface area contributed by atoms with Gasteiger partial charge in [-0.05, 0) is 63.1 Å². The average molecular weight is 466 g/mol. The summed E-state index contributed by atoms with van der Waals surface area (Å²) in [5.41, 5.74) is 4.77. The van der Waals surface area contributed by atoms with E-state index in [-0.39, 0.29) is 5.91 Å². The van der Waals surface area contributed by atoms with Crippen LogP contribution in [0.1, 0.15) is 25.3 Å². The molecular formula is C26H35N5OS. The van der Waals surface area contributed by atoms with Crippen LogP contribution >= 0.6 is 11.8 Å². The summed E-state index contributed by atoms with van der Waals surface area (Å²) in [6.07, 6.45) is 2.13. The summed E-state index contributed by atoms with van der Waals surface area (Å²) in [5, 5.41) is 3.99. The maximum Gasteiger partial charge on any atom is 0.230 e. The predicted octanol–water partition coefficient (Wildman–Crippen LogP) is 4.18. The SMILES string of the molecule is CCn1c(SCC(=O)NCCCCN2CCN(c3cccc(C)c3)CC2)nc2ccccc21. The third-order valence-electron chi connectivity index (χ3n) is 6.23. The van der Waals surface area contributed by atoms with Crippen LogP contribution in [0.15, 0.2) is 53.7 Å². The van der Waals surface area contributed by atoms with E-state index in [2.05, 4.69) is 68.8 Å². The number of rotatable bonds is 10. The maximum atomic E-state index is 12.3. The number of imidazole rings is 1. The Morgan fingerprint density at radius 3 is 2.67 bits per heavy atom. The van der Waals surface area contributed by atoms with E-state index in [1.807, 2.05) is 18.2 Å². The Morgan fingerprint density at radius 1 is 1.06 bits per heavy atom. The highest BCUT2D eigenvalue weighted by Gasteiger charge is 2.17. The number of hydrogen-bond acceptors (Lipinski definition) is 5. The number of aryl methyl sites for hydroxylation is 2. The van der Waals surface area contributed by atoms with Crippen LogP contribution in [-0.2, 0) is 11.3 Å². The highest BCUT2D eigenvalue weighted by atomic mass is 32.2. The summed E-state index contributed by atoms with van der Waals surface area (Å²) in [4.78, 5) is 22.0. The van der Waals surface area contributed by atoms with Gasteiger partial charge in [-0.1, -0.05) is 36.0 Å². The number of unbranched alkanes of at least 4 members (excludes halogenated alkanes) is 1. The fraction of sp³-hybridized carbons (Fsp3) is 0.462. The molecule has 0 aliphatic carbocycles. The normalized spacial score (nSPS) is 14.7. The lowest BCUT2D eigenvalue weighted by molar-refractivity contribution is -0.118. The number of aromatic nitrogens is 2. The van der Waals surface area contributed by atoms with Crippen LogP contribution in [0.3, 0.4) is 0 Å². The maximum absolute atomic E-state index is 12.3. The standard InChI is InChI=1S/C26H35N5OS/c1-3-31-24-12-5-4-11-23(24)28-26(31)33-20-25(32)27-13-6-7-14-29-15-17-30(18-16-29)22-10-8-9-21(2)19-22/h4-5,8-12,19H,3,6-7,13-18,20H2,1-2H3,(H,27,32). The number of para-hydroxylation sites is 2. The van der Waals surface area contributed by atoms with Crippen molar-refractivity contribution in [3.8, 4) is 0 Å². The molecule has 1 saturated heterocycles. The minimum Gasteiger partial charge on any atom is -0.369 e. The van der Waals surface area contributed by atoms with E-state index >= 15 is 0 Å². The molecule has 4 rings (SSSR count). The molecule has 0 radical (unpaired) electrons. The lowest BCUT2D eigenvalue weighted by Gasteiger charge is -2.36. The molecule has 1 aliphatic rings.